The fraction of sp³-hybridized carbons (Fsp3) is 0.727. The predicted molar refractivity (Wildman–Crippen MR) is 72.8 cm³/mol. The molecule has 1 atom stereocenters. The molecule has 0 amide bonds. The Kier molecular flexibility index (Phi) is 6.46. The molecule has 0 fully saturated rings. The van der Waals surface area contributed by atoms with Gasteiger partial charge >= 0.3 is 0 Å². The maximum absolute atomic E-state index is 10.1. The maximum Gasteiger partial charge on any atom is 0.106 e. The van der Waals surface area contributed by atoms with Crippen LogP contribution in [0.1, 0.15) is 38.5 Å². The normalized spacial score (nSPS) is 13.0. The molecule has 3 nitrogen and oxygen atoms in total. The fourth-order valence-corrected chi connectivity index (χ4v) is 2.91. The average molecular weight is 307 g/mol. The molecule has 1 heterocycles. The summed E-state index contributed by atoms with van der Waals surface area (Å²) in [5.74, 6) is 1.83. The molecule has 1 aromatic heterocycles. The van der Waals surface area contributed by atoms with Crippen molar-refractivity contribution in [1.29, 1.82) is 0 Å². The summed E-state index contributed by atoms with van der Waals surface area (Å²) >= 11 is 5.23. The molecule has 0 spiro atoms. The Labute approximate surface area is 110 Å². The molecule has 5 heteroatoms. The van der Waals surface area contributed by atoms with Gasteiger partial charge in [-0.25, -0.2) is 0 Å². The van der Waals surface area contributed by atoms with E-state index in [1.165, 1.54) is 0 Å². The lowest BCUT2D eigenvalue weighted by atomic mass is 10.3. The summed E-state index contributed by atoms with van der Waals surface area (Å²) in [7, 11) is 0. The van der Waals surface area contributed by atoms with E-state index in [0.29, 0.717) is 0 Å². The van der Waals surface area contributed by atoms with Gasteiger partial charge in [0, 0.05) is 12.3 Å². The molecule has 0 aromatic carbocycles. The highest BCUT2D eigenvalue weighted by molar-refractivity contribution is 9.10. The third-order valence-corrected chi connectivity index (χ3v) is 4.07. The SMILES string of the molecule is CCCSCC(O)c1c(Br)cnn1CCC. The second kappa shape index (κ2) is 7.35. The third kappa shape index (κ3) is 3.79. The van der Waals surface area contributed by atoms with Crippen molar-refractivity contribution in [3.63, 3.8) is 0 Å². The lowest BCUT2D eigenvalue weighted by Gasteiger charge is -2.13. The number of thioether (sulfide) groups is 1. The number of aryl methyl sites for hydroxylation is 1. The molecule has 1 N–H and O–H groups in total. The zero-order valence-corrected chi connectivity index (χ0v) is 12.2. The van der Waals surface area contributed by atoms with Crippen molar-refractivity contribution < 1.29 is 5.11 Å². The lowest BCUT2D eigenvalue weighted by molar-refractivity contribution is 0.190. The van der Waals surface area contributed by atoms with Crippen LogP contribution in [0, 0.1) is 0 Å². The molecule has 0 radical (unpaired) electrons. The Bertz CT molecular complexity index is 317. The monoisotopic (exact) mass is 306 g/mol. The highest BCUT2D eigenvalue weighted by Crippen LogP contribution is 2.26. The minimum Gasteiger partial charge on any atom is -0.386 e. The van der Waals surface area contributed by atoms with Gasteiger partial charge in [0.15, 0.2) is 0 Å². The van der Waals surface area contributed by atoms with E-state index < -0.39 is 6.10 Å². The van der Waals surface area contributed by atoms with Crippen LogP contribution in [0.25, 0.3) is 0 Å². The van der Waals surface area contributed by atoms with Gasteiger partial charge in [0.25, 0.3) is 0 Å². The quantitative estimate of drug-likeness (QED) is 0.786. The van der Waals surface area contributed by atoms with Crippen LogP contribution in [-0.4, -0.2) is 26.4 Å². The summed E-state index contributed by atoms with van der Waals surface area (Å²) in [6.45, 7) is 5.12. The van der Waals surface area contributed by atoms with Crippen LogP contribution in [0.5, 0.6) is 0 Å². The van der Waals surface area contributed by atoms with Gasteiger partial charge in [-0.05, 0) is 34.5 Å². The van der Waals surface area contributed by atoms with Crippen molar-refractivity contribution in [3.8, 4) is 0 Å². The number of aliphatic hydroxyl groups is 1. The van der Waals surface area contributed by atoms with Gasteiger partial charge in [0.05, 0.1) is 16.4 Å². The van der Waals surface area contributed by atoms with E-state index in [-0.39, 0.29) is 0 Å². The molecule has 92 valence electrons. The van der Waals surface area contributed by atoms with Crippen LogP contribution >= 0.6 is 27.7 Å². The van der Waals surface area contributed by atoms with Crippen LogP contribution in [0.15, 0.2) is 10.7 Å². The van der Waals surface area contributed by atoms with Gasteiger partial charge in [-0.15, -0.1) is 0 Å². The van der Waals surface area contributed by atoms with Gasteiger partial charge in [-0.2, -0.15) is 16.9 Å². The highest BCUT2D eigenvalue weighted by Gasteiger charge is 2.17. The van der Waals surface area contributed by atoms with Crippen molar-refractivity contribution in [2.24, 2.45) is 0 Å². The third-order valence-electron chi connectivity index (χ3n) is 2.21. The summed E-state index contributed by atoms with van der Waals surface area (Å²) in [6, 6.07) is 0. The smallest absolute Gasteiger partial charge is 0.106 e. The molecule has 0 saturated heterocycles. The first-order valence-electron chi connectivity index (χ1n) is 5.67. The summed E-state index contributed by atoms with van der Waals surface area (Å²) < 4.78 is 2.80. The Morgan fingerprint density at radius 1 is 1.50 bits per heavy atom. The minimum atomic E-state index is -0.431. The van der Waals surface area contributed by atoms with Gasteiger partial charge in [0.2, 0.25) is 0 Å². The fourth-order valence-electron chi connectivity index (χ4n) is 1.51. The molecule has 16 heavy (non-hydrogen) atoms. The highest BCUT2D eigenvalue weighted by atomic mass is 79.9. The Hall–Kier alpha value is 0. The molecule has 1 rings (SSSR count). The van der Waals surface area contributed by atoms with Gasteiger partial charge < -0.3 is 5.11 Å². The molecule has 1 unspecified atom stereocenters. The number of hydrogen-bond acceptors (Lipinski definition) is 3. The van der Waals surface area contributed by atoms with Crippen molar-refractivity contribution in [2.75, 3.05) is 11.5 Å². The van der Waals surface area contributed by atoms with Crippen molar-refractivity contribution in [2.45, 2.75) is 39.3 Å². The number of hydrogen-bond donors (Lipinski definition) is 1. The zero-order valence-electron chi connectivity index (χ0n) is 9.82. The van der Waals surface area contributed by atoms with Crippen LogP contribution in [0.4, 0.5) is 0 Å². The topological polar surface area (TPSA) is 38.1 Å². The second-order valence-corrected chi connectivity index (χ2v) is 5.70. The number of halogens is 1. The number of aromatic nitrogens is 2. The molecule has 0 aliphatic heterocycles. The van der Waals surface area contributed by atoms with Gasteiger partial charge in [-0.1, -0.05) is 13.8 Å². The summed E-state index contributed by atoms with van der Waals surface area (Å²) in [6.07, 6.45) is 3.50. The first kappa shape index (κ1) is 14.1. The van der Waals surface area contributed by atoms with Crippen LogP contribution in [-0.2, 0) is 6.54 Å². The van der Waals surface area contributed by atoms with E-state index in [1.807, 2.05) is 4.68 Å². The minimum absolute atomic E-state index is 0.431. The zero-order chi connectivity index (χ0) is 12.0. The van der Waals surface area contributed by atoms with E-state index in [4.69, 9.17) is 0 Å². The lowest BCUT2D eigenvalue weighted by Crippen LogP contribution is -2.11. The first-order valence-corrected chi connectivity index (χ1v) is 7.62. The number of rotatable bonds is 7. The molecule has 0 saturated carbocycles. The summed E-state index contributed by atoms with van der Waals surface area (Å²) in [5, 5.41) is 14.4. The summed E-state index contributed by atoms with van der Waals surface area (Å²) in [5.41, 5.74) is 0.908. The number of nitrogens with zero attached hydrogens (tertiary/aromatic N) is 2. The van der Waals surface area contributed by atoms with Crippen LogP contribution in [0.2, 0.25) is 0 Å². The molecule has 0 aliphatic rings. The molecule has 1 aromatic rings. The molecule has 0 aliphatic carbocycles. The summed E-state index contributed by atoms with van der Waals surface area (Å²) in [4.78, 5) is 0. The van der Waals surface area contributed by atoms with Crippen molar-refractivity contribution >= 4 is 27.7 Å². The van der Waals surface area contributed by atoms with E-state index in [0.717, 1.165) is 41.1 Å². The molecular weight excluding hydrogens is 288 g/mol. The second-order valence-electron chi connectivity index (χ2n) is 3.69. The van der Waals surface area contributed by atoms with Crippen LogP contribution in [0.3, 0.4) is 0 Å². The Morgan fingerprint density at radius 2 is 2.25 bits per heavy atom. The predicted octanol–water partition coefficient (Wildman–Crippen LogP) is 3.23. The van der Waals surface area contributed by atoms with Crippen LogP contribution < -0.4 is 0 Å². The van der Waals surface area contributed by atoms with Crippen molar-refractivity contribution in [3.05, 3.63) is 16.4 Å². The Balaban J connectivity index is 2.65. The largest absolute Gasteiger partial charge is 0.386 e. The molecular formula is C11H19BrN2OS. The van der Waals surface area contributed by atoms with Crippen molar-refractivity contribution in [1.82, 2.24) is 9.78 Å². The van der Waals surface area contributed by atoms with E-state index in [9.17, 15) is 5.11 Å². The standard InChI is InChI=1S/C11H19BrN2OS/c1-3-5-14-11(9(12)7-13-14)10(15)8-16-6-4-2/h7,10,15H,3-6,8H2,1-2H3. The Morgan fingerprint density at radius 3 is 2.88 bits per heavy atom. The van der Waals surface area contributed by atoms with E-state index in [1.54, 1.807) is 18.0 Å². The van der Waals surface area contributed by atoms with Gasteiger partial charge in [0.1, 0.15) is 6.10 Å². The van der Waals surface area contributed by atoms with E-state index in [2.05, 4.69) is 34.9 Å². The maximum atomic E-state index is 10.1. The average Bonchev–Trinajstić information content (AvgIpc) is 2.61. The van der Waals surface area contributed by atoms with E-state index >= 15 is 0 Å². The first-order chi connectivity index (χ1) is 7.70. The molecule has 0 bridgehead atoms. The van der Waals surface area contributed by atoms with Gasteiger partial charge in [-0.3, -0.25) is 4.68 Å². The number of aliphatic hydroxyl groups excluding tert-OH is 1.